The molecule has 0 amide bonds. The van der Waals surface area contributed by atoms with E-state index in [0.29, 0.717) is 5.60 Å². The van der Waals surface area contributed by atoms with Gasteiger partial charge in [-0.05, 0) is 29.8 Å². The minimum absolute atomic E-state index is 0. The first kappa shape index (κ1) is 35.2. The summed E-state index contributed by atoms with van der Waals surface area (Å²) in [4.78, 5) is 8.35. The van der Waals surface area contributed by atoms with E-state index >= 15 is 0 Å². The van der Waals surface area contributed by atoms with E-state index in [1.54, 1.807) is 50.1 Å². The van der Waals surface area contributed by atoms with Crippen molar-refractivity contribution in [2.75, 3.05) is 0 Å². The molecule has 0 aliphatic heterocycles. The number of aryl methyl sites for hydroxylation is 1. The number of hydrogen-bond acceptors (Lipinski definition) is 6. The molecule has 29 heavy (non-hydrogen) atoms. The molecule has 0 bridgehead atoms. The predicted octanol–water partition coefficient (Wildman–Crippen LogP) is 4.92. The summed E-state index contributed by atoms with van der Waals surface area (Å²) in [7, 11) is 0. The van der Waals surface area contributed by atoms with E-state index in [0.717, 1.165) is 56.0 Å². The fourth-order valence-corrected chi connectivity index (χ4v) is 4.84. The van der Waals surface area contributed by atoms with Gasteiger partial charge in [0.05, 0.1) is 0 Å². The van der Waals surface area contributed by atoms with E-state index in [1.807, 2.05) is 11.4 Å². The molecule has 144 valence electrons. The quantitative estimate of drug-likeness (QED) is 0.317. The first-order valence-corrected chi connectivity index (χ1v) is 23.1. The summed E-state index contributed by atoms with van der Waals surface area (Å²) >= 11 is 11.3. The van der Waals surface area contributed by atoms with Crippen molar-refractivity contribution in [3.05, 3.63) is 67.2 Å². The molecule has 0 spiro atoms. The van der Waals surface area contributed by atoms with Gasteiger partial charge < -0.3 is 0 Å². The van der Waals surface area contributed by atoms with Gasteiger partial charge in [-0.25, -0.2) is 0 Å². The second-order valence-electron chi connectivity index (χ2n) is 4.19. The zero-order chi connectivity index (χ0) is 21.5. The van der Waals surface area contributed by atoms with Crippen molar-refractivity contribution in [3.8, 4) is 9.94 Å². The van der Waals surface area contributed by atoms with Crippen LogP contribution in [0.3, 0.4) is 0 Å². The average Bonchev–Trinajstić information content (AvgIpc) is 3.52. The van der Waals surface area contributed by atoms with Gasteiger partial charge in [0.1, 0.15) is 0 Å². The molecule has 3 nitrogen and oxygen atoms in total. The summed E-state index contributed by atoms with van der Waals surface area (Å²) in [6.07, 6.45) is 0. The Morgan fingerprint density at radius 2 is 1.48 bits per heavy atom. The number of thiophene rings is 3. The predicted molar refractivity (Wildman–Crippen MR) is 137 cm³/mol. The van der Waals surface area contributed by atoms with Crippen LogP contribution >= 0.6 is 49.9 Å². The summed E-state index contributed by atoms with van der Waals surface area (Å²) in [6.45, 7) is 2.10. The molecule has 3 aromatic heterocycles. The van der Waals surface area contributed by atoms with Gasteiger partial charge >= 0.3 is 146 Å². The van der Waals surface area contributed by atoms with Gasteiger partial charge in [-0.3, -0.25) is 0 Å². The number of hydrogen-bond donors (Lipinski definition) is 1. The molecule has 4 radical (unpaired) electrons. The van der Waals surface area contributed by atoms with Crippen molar-refractivity contribution in [1.82, 2.24) is 0 Å². The Kier molecular flexibility index (Phi) is 36.0. The molecule has 3 rings (SSSR count). The Morgan fingerprint density at radius 3 is 1.72 bits per heavy atom. The van der Waals surface area contributed by atoms with Crippen molar-refractivity contribution >= 4 is 140 Å². The molecule has 0 atom stereocenters. The van der Waals surface area contributed by atoms with Crippen molar-refractivity contribution in [3.63, 3.8) is 0 Å². The van der Waals surface area contributed by atoms with E-state index < -0.39 is 0 Å². The molecule has 0 saturated carbocycles. The summed E-state index contributed by atoms with van der Waals surface area (Å²) in [6, 6.07) is 12.4. The van der Waals surface area contributed by atoms with Crippen molar-refractivity contribution < 1.29 is 0 Å². The van der Waals surface area contributed by atoms with Gasteiger partial charge in [-0.15, -0.1) is 22.7 Å². The van der Waals surface area contributed by atoms with E-state index in [4.69, 9.17) is 14.9 Å². The number of halogens is 1. The number of alkyl halides is 1. The third-order valence-corrected chi connectivity index (χ3v) is 9.36. The van der Waals surface area contributed by atoms with E-state index in [9.17, 15) is 0 Å². The number of nitrogens with one attached hydrogen (secondary N) is 1. The molecule has 3 aromatic rings. The van der Waals surface area contributed by atoms with Crippen LogP contribution in [0.5, 0.6) is 0 Å². The topological polar surface area (TPSA) is 71.4 Å². The van der Waals surface area contributed by atoms with Crippen LogP contribution in [0.15, 0.2) is 52.5 Å². The Labute approximate surface area is 245 Å². The molecule has 12 heteroatoms. The zero-order valence-electron chi connectivity index (χ0n) is 16.1. The van der Waals surface area contributed by atoms with Gasteiger partial charge in [0.2, 0.25) is 0 Å². The summed E-state index contributed by atoms with van der Waals surface area (Å²) in [5, 5.41) is 24.1. The van der Waals surface area contributed by atoms with Gasteiger partial charge in [0.25, 0.3) is 0 Å². The maximum atomic E-state index is 8.25. The third-order valence-electron chi connectivity index (χ3n) is 2.33. The first-order valence-electron chi connectivity index (χ1n) is 7.50. The van der Waals surface area contributed by atoms with Crippen molar-refractivity contribution in [2.24, 2.45) is 0 Å². The SMILES string of the molecule is BrCc1cccs1.Cc1cccs1.N#C[Se]Cc1cccs1.N#C[Se][K].[B].[NH]=[Al]. The normalized spacial score (nSPS) is 7.62. The molecule has 0 saturated heterocycles. The molecule has 0 aliphatic carbocycles. The monoisotopic (exact) mass is 675 g/mol. The fourth-order valence-electron chi connectivity index (χ4n) is 1.25. The molecular weight excluding hydrogens is 657 g/mol. The van der Waals surface area contributed by atoms with Crippen LogP contribution in [0, 0.1) is 31.7 Å². The number of rotatable bonds is 3. The number of nitrogens with zero attached hydrogens (tertiary/aromatic N) is 2. The van der Waals surface area contributed by atoms with Crippen LogP contribution in [-0.2, 0) is 10.6 Å². The Balaban J connectivity index is -0.000000308. The van der Waals surface area contributed by atoms with Crippen molar-refractivity contribution in [2.45, 2.75) is 17.6 Å². The minimum atomic E-state index is 0. The Morgan fingerprint density at radius 1 is 1.00 bits per heavy atom. The molecule has 0 unspecified atom stereocenters. The second kappa shape index (κ2) is 29.6. The van der Waals surface area contributed by atoms with Crippen LogP contribution in [0.2, 0.25) is 0 Å². The van der Waals surface area contributed by atoms with Crippen LogP contribution in [0.25, 0.3) is 0 Å². The standard InChI is InChI=1S/C6H5NSSe.C5H5BrS.C5H6S.CHNSe.Al.B.K.HN/c7-5-9-4-6-2-1-3-8-6;6-4-5-2-1-3-7-5;1-5-3-2-4-6-5;2-1-3;;;;/h1-3H,4H2;1-3H,4H2;2-4H,1H3;3H;;;;1H/q;;;;;;+1;/p-1. The second-order valence-corrected chi connectivity index (χ2v) is 14.1. The van der Waals surface area contributed by atoms with Gasteiger partial charge in [0.15, 0.2) is 0 Å². The molecule has 3 heterocycles. The molecule has 0 aliphatic rings. The van der Waals surface area contributed by atoms with Crippen LogP contribution in [0.1, 0.15) is 14.6 Å². The fraction of sp³-hybridized carbons (Fsp3) is 0.176. The van der Waals surface area contributed by atoms with Crippen LogP contribution < -0.4 is 0 Å². The zero-order valence-corrected chi connectivity index (χ0v) is 27.8. The molecular formula is C17H17AlBBrKN3S3Se2. The van der Waals surface area contributed by atoms with Gasteiger partial charge in [-0.1, -0.05) is 28.1 Å². The summed E-state index contributed by atoms with van der Waals surface area (Å²) < 4.78 is 5.67. The molecule has 0 fully saturated rings. The van der Waals surface area contributed by atoms with E-state index in [2.05, 4.69) is 73.9 Å². The maximum absolute atomic E-state index is 8.25. The summed E-state index contributed by atoms with van der Waals surface area (Å²) in [5.41, 5.74) is 0.410. The van der Waals surface area contributed by atoms with E-state index in [1.165, 1.54) is 14.6 Å². The van der Waals surface area contributed by atoms with Crippen LogP contribution in [0.4, 0.5) is 0 Å². The first-order chi connectivity index (χ1) is 13.7. The Hall–Kier alpha value is 1.63. The summed E-state index contributed by atoms with van der Waals surface area (Å²) in [5.74, 6) is 0. The van der Waals surface area contributed by atoms with Gasteiger partial charge in [-0.2, -0.15) is 0 Å². The third kappa shape index (κ3) is 25.8. The van der Waals surface area contributed by atoms with Crippen LogP contribution in [-0.4, -0.2) is 90.4 Å². The molecule has 0 aromatic carbocycles. The Bertz CT molecular complexity index is 752. The van der Waals surface area contributed by atoms with Crippen molar-refractivity contribution in [1.29, 1.82) is 14.9 Å². The van der Waals surface area contributed by atoms with Gasteiger partial charge in [0, 0.05) is 23.5 Å². The number of nitriles is 2. The van der Waals surface area contributed by atoms with E-state index in [-0.39, 0.29) is 23.4 Å². The average molecular weight is 674 g/mol. The molecule has 1 N–H and O–H groups in total.